The number of amides is 2. The number of furan rings is 1. The fourth-order valence-electron chi connectivity index (χ4n) is 4.48. The van der Waals surface area contributed by atoms with Crippen molar-refractivity contribution in [2.75, 3.05) is 26.2 Å². The summed E-state index contributed by atoms with van der Waals surface area (Å²) in [6.07, 6.45) is 9.56. The van der Waals surface area contributed by atoms with Gasteiger partial charge in [-0.25, -0.2) is 0 Å². The Morgan fingerprint density at radius 3 is 2.48 bits per heavy atom. The second-order valence-electron chi connectivity index (χ2n) is 7.86. The third-order valence-electron chi connectivity index (χ3n) is 6.20. The van der Waals surface area contributed by atoms with Gasteiger partial charge < -0.3 is 14.2 Å². The fourth-order valence-corrected chi connectivity index (χ4v) is 4.48. The molecule has 1 aromatic rings. The van der Waals surface area contributed by atoms with Crippen LogP contribution < -0.4 is 0 Å². The van der Waals surface area contributed by atoms with Gasteiger partial charge in [0, 0.05) is 44.4 Å². The lowest BCUT2D eigenvalue weighted by molar-refractivity contribution is -0.140. The molecule has 2 atom stereocenters. The van der Waals surface area contributed by atoms with Crippen molar-refractivity contribution >= 4 is 11.8 Å². The number of carbonyl (C=O) groups excluding carboxylic acids is 2. The van der Waals surface area contributed by atoms with Crippen LogP contribution in [-0.2, 0) is 9.59 Å². The van der Waals surface area contributed by atoms with E-state index in [2.05, 4.69) is 0 Å². The maximum atomic E-state index is 12.6. The molecule has 0 radical (unpaired) electrons. The van der Waals surface area contributed by atoms with Crippen molar-refractivity contribution in [2.45, 2.75) is 50.9 Å². The average molecular weight is 344 g/mol. The van der Waals surface area contributed by atoms with E-state index in [0.717, 1.165) is 24.5 Å². The van der Waals surface area contributed by atoms with Crippen LogP contribution in [0.1, 0.15) is 56.6 Å². The summed E-state index contributed by atoms with van der Waals surface area (Å²) in [5.41, 5.74) is 0. The van der Waals surface area contributed by atoms with Crippen LogP contribution in [0.15, 0.2) is 22.8 Å². The van der Waals surface area contributed by atoms with Gasteiger partial charge >= 0.3 is 0 Å². The molecule has 2 unspecified atom stereocenters. The number of rotatable bonds is 5. The minimum Gasteiger partial charge on any atom is -0.469 e. The molecule has 0 N–H and O–H groups in total. The molecule has 5 heteroatoms. The molecule has 2 amide bonds. The Balaban J connectivity index is 1.20. The van der Waals surface area contributed by atoms with Crippen LogP contribution in [0.5, 0.6) is 0 Å². The number of nitrogens with zero attached hydrogens (tertiary/aromatic N) is 2. The Morgan fingerprint density at radius 1 is 1.08 bits per heavy atom. The van der Waals surface area contributed by atoms with Gasteiger partial charge in [-0.15, -0.1) is 0 Å². The molecular formula is C20H28N2O3. The monoisotopic (exact) mass is 344 g/mol. The Bertz CT molecular complexity index is 598. The number of piperazine rings is 1. The second-order valence-corrected chi connectivity index (χ2v) is 7.86. The lowest BCUT2D eigenvalue weighted by Crippen LogP contribution is -2.51. The first-order valence-electron chi connectivity index (χ1n) is 9.82. The smallest absolute Gasteiger partial charge is 0.226 e. The standard InChI is InChI=1S/C20H28N2O3/c23-19(8-7-15-4-1-2-5-15)21-9-11-22(12-10-21)20(24)17-14-16(17)18-6-3-13-25-18/h3,6,13,15-17H,1-2,4-5,7-12,14H2. The summed E-state index contributed by atoms with van der Waals surface area (Å²) in [6, 6.07) is 3.84. The largest absolute Gasteiger partial charge is 0.469 e. The van der Waals surface area contributed by atoms with E-state index in [-0.39, 0.29) is 23.7 Å². The molecule has 2 aliphatic carbocycles. The van der Waals surface area contributed by atoms with Crippen molar-refractivity contribution in [2.24, 2.45) is 11.8 Å². The average Bonchev–Trinajstić information content (AvgIpc) is 3.06. The van der Waals surface area contributed by atoms with Crippen LogP contribution in [0.25, 0.3) is 0 Å². The molecule has 1 aromatic heterocycles. The van der Waals surface area contributed by atoms with Gasteiger partial charge in [-0.05, 0) is 30.9 Å². The van der Waals surface area contributed by atoms with Crippen molar-refractivity contribution in [3.05, 3.63) is 24.2 Å². The quantitative estimate of drug-likeness (QED) is 0.825. The van der Waals surface area contributed by atoms with Crippen LogP contribution in [0.4, 0.5) is 0 Å². The van der Waals surface area contributed by atoms with Gasteiger partial charge in [0.05, 0.1) is 6.26 Å². The third-order valence-corrected chi connectivity index (χ3v) is 6.20. The van der Waals surface area contributed by atoms with Crippen molar-refractivity contribution in [3.8, 4) is 0 Å². The van der Waals surface area contributed by atoms with Gasteiger partial charge in [0.2, 0.25) is 11.8 Å². The maximum Gasteiger partial charge on any atom is 0.226 e. The van der Waals surface area contributed by atoms with E-state index in [4.69, 9.17) is 4.42 Å². The van der Waals surface area contributed by atoms with Gasteiger partial charge in [0.15, 0.2) is 0 Å². The third kappa shape index (κ3) is 3.75. The highest BCUT2D eigenvalue weighted by molar-refractivity contribution is 5.83. The molecule has 5 nitrogen and oxygen atoms in total. The summed E-state index contributed by atoms with van der Waals surface area (Å²) in [5.74, 6) is 2.54. The predicted molar refractivity (Wildman–Crippen MR) is 93.9 cm³/mol. The summed E-state index contributed by atoms with van der Waals surface area (Å²) in [4.78, 5) is 28.9. The first-order valence-corrected chi connectivity index (χ1v) is 9.82. The number of hydrogen-bond acceptors (Lipinski definition) is 3. The Kier molecular flexibility index (Phi) is 4.82. The van der Waals surface area contributed by atoms with E-state index >= 15 is 0 Å². The zero-order valence-corrected chi connectivity index (χ0v) is 14.9. The fraction of sp³-hybridized carbons (Fsp3) is 0.700. The van der Waals surface area contributed by atoms with E-state index in [0.29, 0.717) is 32.6 Å². The normalized spacial score (nSPS) is 26.9. The molecule has 2 saturated carbocycles. The highest BCUT2D eigenvalue weighted by atomic mass is 16.3. The first kappa shape index (κ1) is 16.7. The summed E-state index contributed by atoms with van der Waals surface area (Å²) >= 11 is 0. The van der Waals surface area contributed by atoms with Gasteiger partial charge in [0.25, 0.3) is 0 Å². The van der Waals surface area contributed by atoms with Gasteiger partial charge in [-0.3, -0.25) is 9.59 Å². The Morgan fingerprint density at radius 2 is 1.80 bits per heavy atom. The molecule has 4 rings (SSSR count). The first-order chi connectivity index (χ1) is 12.2. The molecule has 3 fully saturated rings. The summed E-state index contributed by atoms with van der Waals surface area (Å²) in [5, 5.41) is 0. The van der Waals surface area contributed by atoms with E-state index in [1.54, 1.807) is 6.26 Å². The lowest BCUT2D eigenvalue weighted by atomic mass is 10.0. The Labute approximate surface area is 149 Å². The molecule has 3 aliphatic rings. The molecule has 0 aromatic carbocycles. The maximum absolute atomic E-state index is 12.6. The predicted octanol–water partition coefficient (Wildman–Crippen LogP) is 3.02. The van der Waals surface area contributed by atoms with Crippen molar-refractivity contribution < 1.29 is 14.0 Å². The van der Waals surface area contributed by atoms with Crippen molar-refractivity contribution in [3.63, 3.8) is 0 Å². The molecule has 1 saturated heterocycles. The van der Waals surface area contributed by atoms with Crippen molar-refractivity contribution in [1.29, 1.82) is 0 Å². The lowest BCUT2D eigenvalue weighted by Gasteiger charge is -2.35. The van der Waals surface area contributed by atoms with Crippen LogP contribution >= 0.6 is 0 Å². The van der Waals surface area contributed by atoms with Crippen LogP contribution in [0.3, 0.4) is 0 Å². The molecule has 0 spiro atoms. The minimum atomic E-state index is 0.0794. The second kappa shape index (κ2) is 7.22. The summed E-state index contributed by atoms with van der Waals surface area (Å²) in [6.45, 7) is 2.73. The molecule has 2 heterocycles. The zero-order chi connectivity index (χ0) is 17.2. The highest BCUT2D eigenvalue weighted by Crippen LogP contribution is 2.48. The van der Waals surface area contributed by atoms with E-state index in [9.17, 15) is 9.59 Å². The van der Waals surface area contributed by atoms with Gasteiger partial charge in [0.1, 0.15) is 5.76 Å². The van der Waals surface area contributed by atoms with Crippen molar-refractivity contribution in [1.82, 2.24) is 9.80 Å². The van der Waals surface area contributed by atoms with E-state index in [1.807, 2.05) is 21.9 Å². The van der Waals surface area contributed by atoms with E-state index in [1.165, 1.54) is 25.7 Å². The Hall–Kier alpha value is -1.78. The zero-order valence-electron chi connectivity index (χ0n) is 14.9. The summed E-state index contributed by atoms with van der Waals surface area (Å²) < 4.78 is 5.42. The topological polar surface area (TPSA) is 53.8 Å². The van der Waals surface area contributed by atoms with Gasteiger partial charge in [-0.2, -0.15) is 0 Å². The molecule has 136 valence electrons. The molecule has 25 heavy (non-hydrogen) atoms. The number of carbonyl (C=O) groups is 2. The molecular weight excluding hydrogens is 316 g/mol. The highest BCUT2D eigenvalue weighted by Gasteiger charge is 2.47. The van der Waals surface area contributed by atoms with Crippen LogP contribution in [0.2, 0.25) is 0 Å². The van der Waals surface area contributed by atoms with Gasteiger partial charge in [-0.1, -0.05) is 25.7 Å². The molecule has 1 aliphatic heterocycles. The minimum absolute atomic E-state index is 0.0794. The van der Waals surface area contributed by atoms with E-state index < -0.39 is 0 Å². The number of hydrogen-bond donors (Lipinski definition) is 0. The van der Waals surface area contributed by atoms with Crippen LogP contribution in [-0.4, -0.2) is 47.8 Å². The molecule has 0 bridgehead atoms. The van der Waals surface area contributed by atoms with Crippen LogP contribution in [0, 0.1) is 11.8 Å². The summed E-state index contributed by atoms with van der Waals surface area (Å²) in [7, 11) is 0. The SMILES string of the molecule is O=C(CCC1CCCC1)N1CCN(C(=O)C2CC2c2ccco2)CC1.